The van der Waals surface area contributed by atoms with Gasteiger partial charge in [-0.05, 0) is 60.1 Å². The van der Waals surface area contributed by atoms with Crippen LogP contribution in [-0.4, -0.2) is 62.8 Å². The van der Waals surface area contributed by atoms with Crippen LogP contribution in [0.5, 0.6) is 0 Å². The van der Waals surface area contributed by atoms with Crippen molar-refractivity contribution in [2.45, 2.75) is 42.8 Å². The molecule has 1 saturated heterocycles. The molecule has 10 nitrogen and oxygen atoms in total. The zero-order valence-electron chi connectivity index (χ0n) is 22.0. The Labute approximate surface area is 236 Å². The Morgan fingerprint density at radius 1 is 1.00 bits per heavy atom. The molecule has 7 rings (SSSR count). The number of anilines is 2. The third-order valence-corrected chi connectivity index (χ3v) is 8.70. The molecule has 214 valence electrons. The number of benzene rings is 1. The molecule has 0 radical (unpaired) electrons. The van der Waals surface area contributed by atoms with Gasteiger partial charge in [0.25, 0.3) is 5.91 Å². The summed E-state index contributed by atoms with van der Waals surface area (Å²) in [6.45, 7) is -2.40. The van der Waals surface area contributed by atoms with Crippen LogP contribution < -0.4 is 10.6 Å². The van der Waals surface area contributed by atoms with Crippen LogP contribution in [0.25, 0.3) is 0 Å². The van der Waals surface area contributed by atoms with Crippen molar-refractivity contribution in [1.82, 2.24) is 19.8 Å². The molecule has 2 N–H and O–H groups in total. The molecule has 4 heterocycles. The van der Waals surface area contributed by atoms with Crippen molar-refractivity contribution in [1.29, 1.82) is 0 Å². The Morgan fingerprint density at radius 2 is 1.76 bits per heavy atom. The van der Waals surface area contributed by atoms with Gasteiger partial charge in [0.2, 0.25) is 11.8 Å². The van der Waals surface area contributed by atoms with Crippen LogP contribution in [0.2, 0.25) is 0 Å². The van der Waals surface area contributed by atoms with Crippen molar-refractivity contribution >= 4 is 35.4 Å². The van der Waals surface area contributed by atoms with Gasteiger partial charge >= 0.3 is 12.2 Å². The van der Waals surface area contributed by atoms with Gasteiger partial charge in [0, 0.05) is 18.0 Å². The van der Waals surface area contributed by atoms with Crippen LogP contribution in [0.15, 0.2) is 54.9 Å². The largest absolute Gasteiger partial charge is 0.406 e. The second kappa shape index (κ2) is 8.84. The summed E-state index contributed by atoms with van der Waals surface area (Å²) in [5.74, 6) is -1.20. The Kier molecular flexibility index (Phi) is 5.50. The van der Waals surface area contributed by atoms with E-state index in [2.05, 4.69) is 20.6 Å². The molecule has 0 saturated carbocycles. The Morgan fingerprint density at radius 3 is 2.57 bits per heavy atom. The first-order valence-corrected chi connectivity index (χ1v) is 13.4. The maximum absolute atomic E-state index is 13.5. The molecular weight excluding hydrogens is 553 g/mol. The number of amides is 5. The van der Waals surface area contributed by atoms with Gasteiger partial charge in [0.05, 0.1) is 5.41 Å². The van der Waals surface area contributed by atoms with Crippen molar-refractivity contribution in [3.8, 4) is 0 Å². The van der Waals surface area contributed by atoms with E-state index in [4.69, 9.17) is 0 Å². The van der Waals surface area contributed by atoms with Gasteiger partial charge in [0.15, 0.2) is 5.54 Å². The van der Waals surface area contributed by atoms with Crippen LogP contribution >= 0.6 is 0 Å². The molecule has 2 atom stereocenters. The maximum Gasteiger partial charge on any atom is 0.406 e. The van der Waals surface area contributed by atoms with Gasteiger partial charge in [-0.3, -0.25) is 24.2 Å². The van der Waals surface area contributed by atoms with Crippen LogP contribution in [0.4, 0.5) is 29.6 Å². The fraction of sp³-hybridized carbons (Fsp3) is 0.310. The monoisotopic (exact) mass is 576 g/mol. The molecule has 2 spiro atoms. The molecule has 1 fully saturated rings. The summed E-state index contributed by atoms with van der Waals surface area (Å²) in [6, 6.07) is 10.9. The second-order valence-corrected chi connectivity index (χ2v) is 11.1. The van der Waals surface area contributed by atoms with Crippen molar-refractivity contribution in [2.75, 3.05) is 23.7 Å². The minimum absolute atomic E-state index is 0.0656. The summed E-state index contributed by atoms with van der Waals surface area (Å²) in [7, 11) is 0. The van der Waals surface area contributed by atoms with E-state index in [1.165, 1.54) is 0 Å². The fourth-order valence-electron chi connectivity index (χ4n) is 6.90. The number of pyridine rings is 2. The number of aromatic nitrogens is 2. The Bertz CT molecular complexity index is 1710. The zero-order chi connectivity index (χ0) is 29.4. The third-order valence-electron chi connectivity index (χ3n) is 8.70. The number of rotatable bonds is 4. The first-order valence-electron chi connectivity index (χ1n) is 13.4. The summed E-state index contributed by atoms with van der Waals surface area (Å²) >= 11 is 0. The number of hydrogen-bond acceptors (Lipinski definition) is 6. The lowest BCUT2D eigenvalue weighted by Gasteiger charge is -2.32. The van der Waals surface area contributed by atoms with E-state index in [-0.39, 0.29) is 23.0 Å². The summed E-state index contributed by atoms with van der Waals surface area (Å²) in [5.41, 5.74) is 1.06. The van der Waals surface area contributed by atoms with Crippen LogP contribution in [-0.2, 0) is 44.6 Å². The SMILES string of the molecule is O=C(CN1C(=O)N(CC(F)(F)F)C(=O)C12CCc1ccccc12)Nc1cc2c(cn1)C[C@]1(C2)C(=O)Nc2ncccc21. The van der Waals surface area contributed by atoms with E-state index < -0.39 is 48.1 Å². The lowest BCUT2D eigenvalue weighted by Crippen LogP contribution is -2.48. The number of carbonyl (C=O) groups excluding carboxylic acids is 4. The van der Waals surface area contributed by atoms with Gasteiger partial charge in [-0.15, -0.1) is 0 Å². The smallest absolute Gasteiger partial charge is 0.310 e. The zero-order valence-corrected chi connectivity index (χ0v) is 22.0. The molecule has 2 aliphatic carbocycles. The van der Waals surface area contributed by atoms with Crippen LogP contribution in [0.3, 0.4) is 0 Å². The van der Waals surface area contributed by atoms with Gasteiger partial charge in [0.1, 0.15) is 24.7 Å². The number of carbonyl (C=O) groups is 4. The average molecular weight is 577 g/mol. The average Bonchev–Trinajstić information content (AvgIpc) is 3.65. The van der Waals surface area contributed by atoms with E-state index in [1.807, 2.05) is 6.07 Å². The number of aryl methyl sites for hydroxylation is 1. The summed E-state index contributed by atoms with van der Waals surface area (Å²) < 4.78 is 40.0. The van der Waals surface area contributed by atoms with Gasteiger partial charge in [-0.25, -0.2) is 14.8 Å². The number of hydrogen-bond donors (Lipinski definition) is 2. The van der Waals surface area contributed by atoms with Gasteiger partial charge in [-0.1, -0.05) is 30.3 Å². The van der Waals surface area contributed by atoms with Gasteiger partial charge < -0.3 is 10.6 Å². The molecule has 2 aromatic heterocycles. The first-order chi connectivity index (χ1) is 20.0. The highest BCUT2D eigenvalue weighted by molar-refractivity contribution is 6.10. The molecular formula is C29H23F3N6O4. The summed E-state index contributed by atoms with van der Waals surface area (Å²) in [5, 5.41) is 5.46. The molecule has 5 amide bonds. The molecule has 1 unspecified atom stereocenters. The normalized spacial score (nSPS) is 23.9. The van der Waals surface area contributed by atoms with Crippen molar-refractivity contribution in [3.63, 3.8) is 0 Å². The van der Waals surface area contributed by atoms with Crippen LogP contribution in [0, 0.1) is 0 Å². The van der Waals surface area contributed by atoms with E-state index >= 15 is 0 Å². The predicted octanol–water partition coefficient (Wildman–Crippen LogP) is 3.07. The molecule has 0 bridgehead atoms. The maximum atomic E-state index is 13.5. The van der Waals surface area contributed by atoms with Crippen molar-refractivity contribution in [3.05, 3.63) is 82.7 Å². The van der Waals surface area contributed by atoms with Gasteiger partial charge in [-0.2, -0.15) is 13.2 Å². The molecule has 2 aliphatic heterocycles. The Hall–Kier alpha value is -4.81. The summed E-state index contributed by atoms with van der Waals surface area (Å²) in [4.78, 5) is 62.7. The number of halogens is 3. The van der Waals surface area contributed by atoms with Crippen molar-refractivity contribution < 1.29 is 32.3 Å². The third kappa shape index (κ3) is 3.72. The first kappa shape index (κ1) is 26.1. The van der Waals surface area contributed by atoms with Crippen LogP contribution in [0.1, 0.15) is 34.2 Å². The number of imide groups is 1. The summed E-state index contributed by atoms with van der Waals surface area (Å²) in [6.07, 6.45) is -0.416. The number of nitrogens with zero attached hydrogens (tertiary/aromatic N) is 4. The fourth-order valence-corrected chi connectivity index (χ4v) is 6.90. The van der Waals surface area contributed by atoms with Crippen molar-refractivity contribution in [2.24, 2.45) is 0 Å². The van der Waals surface area contributed by atoms with E-state index in [9.17, 15) is 32.3 Å². The highest BCUT2D eigenvalue weighted by Gasteiger charge is 2.62. The minimum Gasteiger partial charge on any atom is -0.310 e. The van der Waals surface area contributed by atoms with E-state index in [1.54, 1.807) is 48.8 Å². The number of urea groups is 1. The minimum atomic E-state index is -4.80. The number of alkyl halides is 3. The van der Waals surface area contributed by atoms with E-state index in [0.717, 1.165) is 27.2 Å². The molecule has 13 heteroatoms. The quantitative estimate of drug-likeness (QED) is 0.460. The predicted molar refractivity (Wildman–Crippen MR) is 141 cm³/mol. The Balaban J connectivity index is 1.15. The highest BCUT2D eigenvalue weighted by atomic mass is 19.4. The number of nitrogens with one attached hydrogen (secondary N) is 2. The highest BCUT2D eigenvalue weighted by Crippen LogP contribution is 2.48. The lowest BCUT2D eigenvalue weighted by molar-refractivity contribution is -0.155. The second-order valence-electron chi connectivity index (χ2n) is 11.1. The molecule has 4 aliphatic rings. The lowest BCUT2D eigenvalue weighted by atomic mass is 9.79. The molecule has 42 heavy (non-hydrogen) atoms. The topological polar surface area (TPSA) is 125 Å². The van der Waals surface area contributed by atoms with E-state index in [0.29, 0.717) is 30.6 Å². The standard InChI is InChI=1S/C29H23F3N6O4/c30-29(31,32)15-37-25(41)28(8-7-16-4-1-2-5-19(16)28)38(26(37)42)14-22(39)35-21-10-17-11-27(12-18(17)13-34-21)20-6-3-9-33-23(20)36-24(27)40/h1-6,9-10,13H,7-8,11-12,14-15H2,(H,33,36,40)(H,34,35,39)/t27-,28?/m0/s1. The molecule has 3 aromatic rings. The number of fused-ring (bicyclic) bond motifs is 5. The molecule has 1 aromatic carbocycles.